The van der Waals surface area contributed by atoms with Gasteiger partial charge in [-0.15, -0.1) is 0 Å². The number of rotatable bonds is 8. The average Bonchev–Trinajstić information content (AvgIpc) is 2.42. The lowest BCUT2D eigenvalue weighted by atomic mass is 9.84. The van der Waals surface area contributed by atoms with E-state index < -0.39 is 11.5 Å². The van der Waals surface area contributed by atoms with Crippen molar-refractivity contribution in [1.82, 2.24) is 5.32 Å². The molecule has 1 aliphatic rings. The van der Waals surface area contributed by atoms with E-state index in [1.54, 1.807) is 0 Å². The Morgan fingerprint density at radius 1 is 1.24 bits per heavy atom. The van der Waals surface area contributed by atoms with E-state index in [1.807, 2.05) is 20.8 Å². The average molecular weight is 301 g/mol. The van der Waals surface area contributed by atoms with Gasteiger partial charge in [0.25, 0.3) is 0 Å². The Kier molecular flexibility index (Phi) is 6.45. The fourth-order valence-corrected chi connectivity index (χ4v) is 1.69. The van der Waals surface area contributed by atoms with E-state index in [-0.39, 0.29) is 24.5 Å². The van der Waals surface area contributed by atoms with Gasteiger partial charge in [0.05, 0.1) is 30.6 Å². The molecule has 6 heteroatoms. The zero-order chi connectivity index (χ0) is 15.9. The minimum absolute atomic E-state index is 0.0189. The lowest BCUT2D eigenvalue weighted by Crippen LogP contribution is -2.47. The quantitative estimate of drug-likeness (QED) is 0.549. The highest BCUT2D eigenvalue weighted by Gasteiger charge is 2.38. The first-order valence-corrected chi connectivity index (χ1v) is 7.51. The van der Waals surface area contributed by atoms with Crippen LogP contribution in [-0.4, -0.2) is 45.0 Å². The molecule has 0 spiro atoms. The molecule has 0 unspecified atom stereocenters. The van der Waals surface area contributed by atoms with Crippen molar-refractivity contribution in [3.05, 3.63) is 0 Å². The zero-order valence-electron chi connectivity index (χ0n) is 13.5. The van der Waals surface area contributed by atoms with Gasteiger partial charge in [-0.1, -0.05) is 13.8 Å². The topological polar surface area (TPSA) is 73.9 Å². The molecule has 0 aromatic rings. The van der Waals surface area contributed by atoms with E-state index in [1.165, 1.54) is 0 Å². The van der Waals surface area contributed by atoms with Crippen LogP contribution in [0.2, 0.25) is 0 Å². The normalized spacial score (nSPS) is 16.8. The van der Waals surface area contributed by atoms with Gasteiger partial charge in [-0.3, -0.25) is 4.79 Å². The molecule has 0 aromatic heterocycles. The van der Waals surface area contributed by atoms with Crippen molar-refractivity contribution in [1.29, 1.82) is 0 Å². The largest absolute Gasteiger partial charge is 0.463 e. The standard InChI is InChI=1S/C15H27NO5/c1-5-14(3,4)12(17)20-8-7-16-13(18)21-11-15(6-2)9-19-10-15/h5-11H2,1-4H3,(H,16,18). The molecule has 1 aliphatic heterocycles. The SMILES string of the molecule is CCC1(COC(=O)NCCOC(=O)C(C)(C)CC)COC1. The molecule has 0 aliphatic carbocycles. The number of carbonyl (C=O) groups is 2. The summed E-state index contributed by atoms with van der Waals surface area (Å²) in [7, 11) is 0. The molecule has 1 rings (SSSR count). The molecule has 21 heavy (non-hydrogen) atoms. The van der Waals surface area contributed by atoms with Crippen molar-refractivity contribution in [3.63, 3.8) is 0 Å². The number of amides is 1. The minimum atomic E-state index is -0.488. The highest BCUT2D eigenvalue weighted by Crippen LogP contribution is 2.31. The number of nitrogens with one attached hydrogen (secondary N) is 1. The second kappa shape index (κ2) is 7.64. The van der Waals surface area contributed by atoms with Crippen LogP contribution in [0.4, 0.5) is 4.79 Å². The molecule has 0 radical (unpaired) electrons. The summed E-state index contributed by atoms with van der Waals surface area (Å²) in [5, 5.41) is 2.57. The van der Waals surface area contributed by atoms with Gasteiger partial charge < -0.3 is 19.5 Å². The van der Waals surface area contributed by atoms with Crippen LogP contribution in [0.1, 0.15) is 40.5 Å². The number of alkyl carbamates (subject to hydrolysis) is 1. The summed E-state index contributed by atoms with van der Waals surface area (Å²) in [5.74, 6) is -0.253. The molecule has 0 aromatic carbocycles. The molecular formula is C15H27NO5. The summed E-state index contributed by atoms with van der Waals surface area (Å²) in [6, 6.07) is 0. The summed E-state index contributed by atoms with van der Waals surface area (Å²) >= 11 is 0. The van der Waals surface area contributed by atoms with Crippen molar-refractivity contribution < 1.29 is 23.8 Å². The van der Waals surface area contributed by atoms with E-state index in [0.717, 1.165) is 6.42 Å². The van der Waals surface area contributed by atoms with Crippen LogP contribution in [0.5, 0.6) is 0 Å². The van der Waals surface area contributed by atoms with Gasteiger partial charge in [-0.25, -0.2) is 4.79 Å². The van der Waals surface area contributed by atoms with E-state index >= 15 is 0 Å². The molecular weight excluding hydrogens is 274 g/mol. The molecule has 0 bridgehead atoms. The second-order valence-electron chi connectivity index (χ2n) is 6.22. The van der Waals surface area contributed by atoms with Gasteiger partial charge >= 0.3 is 12.1 Å². The Balaban J connectivity index is 2.12. The first-order valence-electron chi connectivity index (χ1n) is 7.51. The molecule has 0 saturated carbocycles. The van der Waals surface area contributed by atoms with Gasteiger partial charge in [0.15, 0.2) is 0 Å². The Morgan fingerprint density at radius 2 is 1.90 bits per heavy atom. The fraction of sp³-hybridized carbons (Fsp3) is 0.867. The predicted octanol–water partition coefficient (Wildman–Crippen LogP) is 2.12. The van der Waals surface area contributed by atoms with Crippen LogP contribution in [-0.2, 0) is 19.0 Å². The van der Waals surface area contributed by atoms with E-state index in [2.05, 4.69) is 12.2 Å². The lowest BCUT2D eigenvalue weighted by molar-refractivity contribution is -0.154. The molecule has 1 fully saturated rings. The number of ether oxygens (including phenoxy) is 3. The number of hydrogen-bond acceptors (Lipinski definition) is 5. The van der Waals surface area contributed by atoms with E-state index in [9.17, 15) is 9.59 Å². The second-order valence-corrected chi connectivity index (χ2v) is 6.22. The molecule has 1 amide bonds. The van der Waals surface area contributed by atoms with Crippen molar-refractivity contribution in [2.75, 3.05) is 33.0 Å². The van der Waals surface area contributed by atoms with Crippen molar-refractivity contribution in [3.8, 4) is 0 Å². The van der Waals surface area contributed by atoms with E-state index in [4.69, 9.17) is 14.2 Å². The summed E-state index contributed by atoms with van der Waals surface area (Å²) in [5.41, 5.74) is -0.507. The van der Waals surface area contributed by atoms with Crippen LogP contribution in [0.25, 0.3) is 0 Å². The molecule has 1 N–H and O–H groups in total. The van der Waals surface area contributed by atoms with Crippen molar-refractivity contribution >= 4 is 12.1 Å². The smallest absolute Gasteiger partial charge is 0.407 e. The molecule has 1 heterocycles. The molecule has 122 valence electrons. The van der Waals surface area contributed by atoms with Crippen molar-refractivity contribution in [2.45, 2.75) is 40.5 Å². The number of esters is 1. The minimum Gasteiger partial charge on any atom is -0.463 e. The molecule has 0 atom stereocenters. The monoisotopic (exact) mass is 301 g/mol. The zero-order valence-corrected chi connectivity index (χ0v) is 13.5. The maximum Gasteiger partial charge on any atom is 0.407 e. The Morgan fingerprint density at radius 3 is 2.38 bits per heavy atom. The van der Waals surface area contributed by atoms with Gasteiger partial charge in [0.1, 0.15) is 13.2 Å². The summed E-state index contributed by atoms with van der Waals surface area (Å²) in [6.07, 6.45) is 1.15. The predicted molar refractivity (Wildman–Crippen MR) is 77.9 cm³/mol. The lowest BCUT2D eigenvalue weighted by Gasteiger charge is -2.39. The van der Waals surface area contributed by atoms with Crippen LogP contribution < -0.4 is 5.32 Å². The highest BCUT2D eigenvalue weighted by molar-refractivity contribution is 5.75. The van der Waals surface area contributed by atoms with Crippen LogP contribution >= 0.6 is 0 Å². The summed E-state index contributed by atoms with van der Waals surface area (Å²) in [4.78, 5) is 23.2. The van der Waals surface area contributed by atoms with Gasteiger partial charge in [-0.2, -0.15) is 0 Å². The van der Waals surface area contributed by atoms with Crippen LogP contribution in [0.15, 0.2) is 0 Å². The Labute approximate surface area is 126 Å². The van der Waals surface area contributed by atoms with Crippen LogP contribution in [0.3, 0.4) is 0 Å². The third kappa shape index (κ3) is 5.19. The van der Waals surface area contributed by atoms with E-state index in [0.29, 0.717) is 26.2 Å². The highest BCUT2D eigenvalue weighted by atomic mass is 16.6. The maximum atomic E-state index is 11.7. The Bertz CT molecular complexity index is 358. The molecule has 6 nitrogen and oxygen atoms in total. The van der Waals surface area contributed by atoms with Gasteiger partial charge in [0.2, 0.25) is 0 Å². The third-order valence-corrected chi connectivity index (χ3v) is 4.12. The maximum absolute atomic E-state index is 11.7. The fourth-order valence-electron chi connectivity index (χ4n) is 1.69. The Hall–Kier alpha value is -1.30. The first-order chi connectivity index (χ1) is 9.85. The number of carbonyl (C=O) groups excluding carboxylic acids is 2. The summed E-state index contributed by atoms with van der Waals surface area (Å²) < 4.78 is 15.4. The third-order valence-electron chi connectivity index (χ3n) is 4.12. The van der Waals surface area contributed by atoms with Gasteiger partial charge in [-0.05, 0) is 26.7 Å². The molecule has 1 saturated heterocycles. The van der Waals surface area contributed by atoms with Gasteiger partial charge in [0, 0.05) is 0 Å². The summed E-state index contributed by atoms with van der Waals surface area (Å²) in [6.45, 7) is 9.70. The number of hydrogen-bond donors (Lipinski definition) is 1. The van der Waals surface area contributed by atoms with Crippen LogP contribution in [0, 0.1) is 10.8 Å². The first kappa shape index (κ1) is 17.8. The van der Waals surface area contributed by atoms with Crippen molar-refractivity contribution in [2.24, 2.45) is 10.8 Å².